The second-order valence-corrected chi connectivity index (χ2v) is 3.78. The van der Waals surface area contributed by atoms with Crippen molar-refractivity contribution in [2.24, 2.45) is 0 Å². The van der Waals surface area contributed by atoms with Gasteiger partial charge in [0.1, 0.15) is 5.82 Å². The van der Waals surface area contributed by atoms with Gasteiger partial charge in [-0.15, -0.1) is 0 Å². The van der Waals surface area contributed by atoms with Crippen molar-refractivity contribution >= 4 is 23.5 Å². The van der Waals surface area contributed by atoms with Crippen LogP contribution in [0.5, 0.6) is 0 Å². The van der Waals surface area contributed by atoms with Crippen molar-refractivity contribution in [2.45, 2.75) is 13.3 Å². The molecule has 0 aliphatic rings. The van der Waals surface area contributed by atoms with E-state index in [9.17, 15) is 18.8 Å². The molecule has 0 aliphatic heterocycles. The number of carboxylic acid groups (broad SMARTS) is 1. The highest BCUT2D eigenvalue weighted by Gasteiger charge is 2.13. The van der Waals surface area contributed by atoms with Crippen LogP contribution in [0.25, 0.3) is 0 Å². The number of nitrogens with one attached hydrogen (secondary N) is 2. The van der Waals surface area contributed by atoms with Crippen LogP contribution in [-0.2, 0) is 9.59 Å². The third kappa shape index (κ3) is 4.74. The standard InChI is InChI=1S/C12H13FN2O4/c1-7(16)15-8-2-3-10(13)9(6-8)12(19)14-5-4-11(17)18/h2-3,6H,4-5H2,1H3,(H,14,19)(H,15,16)(H,17,18). The molecule has 1 aromatic carbocycles. The first-order chi connectivity index (χ1) is 8.90. The third-order valence-corrected chi connectivity index (χ3v) is 2.16. The van der Waals surface area contributed by atoms with Gasteiger partial charge >= 0.3 is 5.97 Å². The average Bonchev–Trinajstić information content (AvgIpc) is 2.30. The predicted molar refractivity (Wildman–Crippen MR) is 65.3 cm³/mol. The minimum Gasteiger partial charge on any atom is -0.481 e. The Bertz CT molecular complexity index is 516. The maximum atomic E-state index is 13.5. The van der Waals surface area contributed by atoms with E-state index in [1.165, 1.54) is 19.1 Å². The fraction of sp³-hybridized carbons (Fsp3) is 0.250. The SMILES string of the molecule is CC(=O)Nc1ccc(F)c(C(=O)NCCC(=O)O)c1. The van der Waals surface area contributed by atoms with E-state index in [1.54, 1.807) is 0 Å². The number of aliphatic carboxylic acids is 1. The summed E-state index contributed by atoms with van der Waals surface area (Å²) in [5.41, 5.74) is 0.0360. The largest absolute Gasteiger partial charge is 0.481 e. The maximum Gasteiger partial charge on any atom is 0.305 e. The molecule has 0 saturated heterocycles. The molecule has 0 fully saturated rings. The van der Waals surface area contributed by atoms with Crippen LogP contribution >= 0.6 is 0 Å². The molecule has 0 spiro atoms. The zero-order chi connectivity index (χ0) is 14.4. The van der Waals surface area contributed by atoms with Crippen LogP contribution < -0.4 is 10.6 Å². The Morgan fingerprint density at radius 2 is 2.00 bits per heavy atom. The first-order valence-electron chi connectivity index (χ1n) is 5.47. The maximum absolute atomic E-state index is 13.5. The number of carboxylic acids is 1. The molecule has 3 N–H and O–H groups in total. The molecular weight excluding hydrogens is 255 g/mol. The lowest BCUT2D eigenvalue weighted by atomic mass is 10.1. The number of carbonyl (C=O) groups excluding carboxylic acids is 2. The molecule has 19 heavy (non-hydrogen) atoms. The Balaban J connectivity index is 2.77. The lowest BCUT2D eigenvalue weighted by Gasteiger charge is -2.07. The number of halogens is 1. The zero-order valence-electron chi connectivity index (χ0n) is 10.2. The molecule has 0 unspecified atom stereocenters. The van der Waals surface area contributed by atoms with Gasteiger partial charge in [-0.2, -0.15) is 0 Å². The highest BCUT2D eigenvalue weighted by molar-refractivity contribution is 5.97. The van der Waals surface area contributed by atoms with Gasteiger partial charge in [-0.3, -0.25) is 14.4 Å². The molecule has 1 rings (SSSR count). The highest BCUT2D eigenvalue weighted by atomic mass is 19.1. The Morgan fingerprint density at radius 1 is 1.32 bits per heavy atom. The van der Waals surface area contributed by atoms with Crippen LogP contribution in [0.2, 0.25) is 0 Å². The first kappa shape index (κ1) is 14.6. The van der Waals surface area contributed by atoms with Gasteiger partial charge in [-0.1, -0.05) is 0 Å². The Kier molecular flexibility index (Phi) is 4.99. The molecule has 0 radical (unpaired) electrons. The topological polar surface area (TPSA) is 95.5 Å². The van der Waals surface area contributed by atoms with Crippen molar-refractivity contribution in [3.8, 4) is 0 Å². The van der Waals surface area contributed by atoms with E-state index in [1.807, 2.05) is 0 Å². The molecule has 1 aromatic rings. The molecule has 0 aliphatic carbocycles. The molecule has 6 nitrogen and oxygen atoms in total. The average molecular weight is 268 g/mol. The Hall–Kier alpha value is -2.44. The van der Waals surface area contributed by atoms with E-state index < -0.39 is 17.7 Å². The van der Waals surface area contributed by atoms with Gasteiger partial charge in [0.2, 0.25) is 5.91 Å². The predicted octanol–water partition coefficient (Wildman–Crippen LogP) is 0.989. The minimum absolute atomic E-state index is 0.0992. The normalized spacial score (nSPS) is 9.79. The molecule has 102 valence electrons. The van der Waals surface area contributed by atoms with Crippen LogP contribution in [0.1, 0.15) is 23.7 Å². The van der Waals surface area contributed by atoms with Crippen molar-refractivity contribution in [1.82, 2.24) is 5.32 Å². The number of hydrogen-bond donors (Lipinski definition) is 3. The summed E-state index contributed by atoms with van der Waals surface area (Å²) in [6.07, 6.45) is -0.251. The Labute approximate surface area is 108 Å². The number of rotatable bonds is 5. The highest BCUT2D eigenvalue weighted by Crippen LogP contribution is 2.14. The zero-order valence-corrected chi connectivity index (χ0v) is 10.2. The van der Waals surface area contributed by atoms with E-state index >= 15 is 0 Å². The van der Waals surface area contributed by atoms with E-state index in [0.717, 1.165) is 6.07 Å². The van der Waals surface area contributed by atoms with Crippen molar-refractivity contribution in [3.05, 3.63) is 29.6 Å². The summed E-state index contributed by atoms with van der Waals surface area (Å²) in [6, 6.07) is 3.56. The van der Waals surface area contributed by atoms with Gasteiger partial charge < -0.3 is 15.7 Å². The molecular formula is C12H13FN2O4. The molecule has 0 heterocycles. The van der Waals surface area contributed by atoms with E-state index in [-0.39, 0.29) is 30.1 Å². The minimum atomic E-state index is -1.06. The molecule has 0 saturated carbocycles. The lowest BCUT2D eigenvalue weighted by molar-refractivity contribution is -0.136. The van der Waals surface area contributed by atoms with Crippen LogP contribution in [0.3, 0.4) is 0 Å². The second kappa shape index (κ2) is 6.48. The number of hydrogen-bond acceptors (Lipinski definition) is 3. The summed E-state index contributed by atoms with van der Waals surface area (Å²) in [4.78, 5) is 32.8. The van der Waals surface area contributed by atoms with E-state index in [2.05, 4.69) is 10.6 Å². The van der Waals surface area contributed by atoms with Crippen molar-refractivity contribution in [2.75, 3.05) is 11.9 Å². The quantitative estimate of drug-likeness (QED) is 0.742. The van der Waals surface area contributed by atoms with Crippen LogP contribution in [0.15, 0.2) is 18.2 Å². The number of benzene rings is 1. The fourth-order valence-corrected chi connectivity index (χ4v) is 1.36. The van der Waals surface area contributed by atoms with Crippen LogP contribution in [0.4, 0.5) is 10.1 Å². The summed E-state index contributed by atoms with van der Waals surface area (Å²) in [5, 5.41) is 13.1. The summed E-state index contributed by atoms with van der Waals surface area (Å²) in [5.74, 6) is -2.88. The molecule has 0 atom stereocenters. The lowest BCUT2D eigenvalue weighted by Crippen LogP contribution is -2.27. The first-order valence-corrected chi connectivity index (χ1v) is 5.47. The van der Waals surface area contributed by atoms with Crippen molar-refractivity contribution < 1.29 is 23.9 Å². The number of amides is 2. The molecule has 2 amide bonds. The summed E-state index contributed by atoms with van der Waals surface area (Å²) in [6.45, 7) is 1.19. The molecule has 0 aromatic heterocycles. The summed E-state index contributed by atoms with van der Waals surface area (Å²) in [7, 11) is 0. The Morgan fingerprint density at radius 3 is 2.58 bits per heavy atom. The van der Waals surface area contributed by atoms with Gasteiger partial charge in [0.25, 0.3) is 5.91 Å². The monoisotopic (exact) mass is 268 g/mol. The number of carbonyl (C=O) groups is 3. The second-order valence-electron chi connectivity index (χ2n) is 3.78. The number of anilines is 1. The smallest absolute Gasteiger partial charge is 0.305 e. The van der Waals surface area contributed by atoms with Gasteiger partial charge in [-0.25, -0.2) is 4.39 Å². The van der Waals surface area contributed by atoms with Gasteiger partial charge in [0.05, 0.1) is 12.0 Å². The molecule has 7 heteroatoms. The summed E-state index contributed by atoms with van der Waals surface area (Å²) >= 11 is 0. The van der Waals surface area contributed by atoms with Gasteiger partial charge in [0.15, 0.2) is 0 Å². The van der Waals surface area contributed by atoms with Crippen molar-refractivity contribution in [1.29, 1.82) is 0 Å². The third-order valence-electron chi connectivity index (χ3n) is 2.16. The van der Waals surface area contributed by atoms with Crippen LogP contribution in [-0.4, -0.2) is 29.4 Å². The fourth-order valence-electron chi connectivity index (χ4n) is 1.36. The molecule has 0 bridgehead atoms. The summed E-state index contributed by atoms with van der Waals surface area (Å²) < 4.78 is 13.5. The van der Waals surface area contributed by atoms with Crippen LogP contribution in [0, 0.1) is 5.82 Å². The van der Waals surface area contributed by atoms with E-state index in [4.69, 9.17) is 5.11 Å². The van der Waals surface area contributed by atoms with Gasteiger partial charge in [-0.05, 0) is 18.2 Å². The van der Waals surface area contributed by atoms with E-state index in [0.29, 0.717) is 0 Å². The van der Waals surface area contributed by atoms with Gasteiger partial charge in [0, 0.05) is 19.2 Å². The van der Waals surface area contributed by atoms with Crippen molar-refractivity contribution in [3.63, 3.8) is 0 Å².